The minimum absolute atomic E-state index is 0.00679. The van der Waals surface area contributed by atoms with Crippen LogP contribution in [0, 0.1) is 0 Å². The van der Waals surface area contributed by atoms with Crippen molar-refractivity contribution in [2.45, 2.75) is 33.2 Å². The Bertz CT molecular complexity index is 635. The third-order valence-corrected chi connectivity index (χ3v) is 3.77. The van der Waals surface area contributed by atoms with Crippen LogP contribution in [0.25, 0.3) is 0 Å². The molecule has 0 aliphatic heterocycles. The lowest BCUT2D eigenvalue weighted by atomic mass is 10.1. The van der Waals surface area contributed by atoms with Gasteiger partial charge in [0.05, 0.1) is 12.6 Å². The lowest BCUT2D eigenvalue weighted by Gasteiger charge is -2.15. The van der Waals surface area contributed by atoms with Gasteiger partial charge in [0, 0.05) is 0 Å². The zero-order chi connectivity index (χ0) is 17.4. The molecular weight excluding hydrogens is 302 g/mol. The summed E-state index contributed by atoms with van der Waals surface area (Å²) in [5.74, 6) is 1.39. The van der Waals surface area contributed by atoms with Gasteiger partial charge in [-0.15, -0.1) is 0 Å². The maximum Gasteiger partial charge on any atom is 0.258 e. The van der Waals surface area contributed by atoms with E-state index in [2.05, 4.69) is 12.2 Å². The largest absolute Gasteiger partial charge is 0.494 e. The Kier molecular flexibility index (Phi) is 6.67. The molecule has 0 bridgehead atoms. The number of carbonyl (C=O) groups is 1. The van der Waals surface area contributed by atoms with Gasteiger partial charge in [-0.1, -0.05) is 31.2 Å². The summed E-state index contributed by atoms with van der Waals surface area (Å²) < 4.78 is 10.9. The maximum absolute atomic E-state index is 12.0. The van der Waals surface area contributed by atoms with Gasteiger partial charge in [0.25, 0.3) is 5.91 Å². The van der Waals surface area contributed by atoms with Crippen molar-refractivity contribution >= 4 is 5.91 Å². The van der Waals surface area contributed by atoms with E-state index < -0.39 is 0 Å². The molecule has 2 aromatic carbocycles. The number of nitrogens with one attached hydrogen (secondary N) is 1. The predicted octanol–water partition coefficient (Wildman–Crippen LogP) is 3.90. The average molecular weight is 327 g/mol. The zero-order valence-corrected chi connectivity index (χ0v) is 14.5. The van der Waals surface area contributed by atoms with Crippen molar-refractivity contribution in [1.82, 2.24) is 5.32 Å². The van der Waals surface area contributed by atoms with E-state index in [0.717, 1.165) is 17.7 Å². The first-order valence-electron chi connectivity index (χ1n) is 8.36. The summed E-state index contributed by atoms with van der Waals surface area (Å²) >= 11 is 0. The summed E-state index contributed by atoms with van der Waals surface area (Å²) in [7, 11) is 0. The highest BCUT2D eigenvalue weighted by molar-refractivity contribution is 5.78. The van der Waals surface area contributed by atoms with E-state index in [1.54, 1.807) is 0 Å². The van der Waals surface area contributed by atoms with Gasteiger partial charge in [-0.05, 0) is 55.7 Å². The molecule has 0 aliphatic carbocycles. The predicted molar refractivity (Wildman–Crippen MR) is 95.5 cm³/mol. The standard InChI is InChI=1S/C20H25NO3/c1-4-16-6-10-19(11-7-16)24-14-20(22)21-15(3)17-8-12-18(13-9-17)23-5-2/h6-13,15H,4-5,14H2,1-3H3,(H,21,22)/t15-/m1/s1. The monoisotopic (exact) mass is 327 g/mol. The van der Waals surface area contributed by atoms with Crippen LogP contribution < -0.4 is 14.8 Å². The first-order valence-corrected chi connectivity index (χ1v) is 8.36. The Balaban J connectivity index is 1.82. The fraction of sp³-hybridized carbons (Fsp3) is 0.350. The molecule has 24 heavy (non-hydrogen) atoms. The molecule has 1 amide bonds. The van der Waals surface area contributed by atoms with E-state index in [-0.39, 0.29) is 18.6 Å². The molecule has 1 N–H and O–H groups in total. The van der Waals surface area contributed by atoms with Crippen molar-refractivity contribution in [1.29, 1.82) is 0 Å². The summed E-state index contributed by atoms with van der Waals surface area (Å²) in [4.78, 5) is 12.0. The molecule has 2 aromatic rings. The average Bonchev–Trinajstić information content (AvgIpc) is 2.61. The minimum atomic E-state index is -0.143. The molecule has 128 valence electrons. The summed E-state index contributed by atoms with van der Waals surface area (Å²) in [6.07, 6.45) is 0.986. The number of hydrogen-bond acceptors (Lipinski definition) is 3. The summed E-state index contributed by atoms with van der Waals surface area (Å²) in [5.41, 5.74) is 2.27. The van der Waals surface area contributed by atoms with Crippen molar-refractivity contribution in [2.24, 2.45) is 0 Å². The zero-order valence-electron chi connectivity index (χ0n) is 14.5. The maximum atomic E-state index is 12.0. The van der Waals surface area contributed by atoms with Gasteiger partial charge in [0.2, 0.25) is 0 Å². The first-order chi connectivity index (χ1) is 11.6. The summed E-state index contributed by atoms with van der Waals surface area (Å²) in [5, 5.41) is 2.94. The van der Waals surface area contributed by atoms with Crippen LogP contribution in [0.5, 0.6) is 11.5 Å². The van der Waals surface area contributed by atoms with E-state index in [0.29, 0.717) is 12.4 Å². The molecule has 4 heteroatoms. The number of amides is 1. The number of hydrogen-bond donors (Lipinski definition) is 1. The molecule has 0 aliphatic rings. The highest BCUT2D eigenvalue weighted by Gasteiger charge is 2.10. The second-order valence-corrected chi connectivity index (χ2v) is 5.58. The van der Waals surface area contributed by atoms with Gasteiger partial charge in [-0.25, -0.2) is 0 Å². The lowest BCUT2D eigenvalue weighted by molar-refractivity contribution is -0.123. The summed E-state index contributed by atoms with van der Waals surface area (Å²) in [6.45, 7) is 6.65. The quantitative estimate of drug-likeness (QED) is 0.800. The molecule has 0 heterocycles. The molecule has 0 unspecified atom stereocenters. The smallest absolute Gasteiger partial charge is 0.258 e. The Morgan fingerprint density at radius 1 is 0.958 bits per heavy atom. The van der Waals surface area contributed by atoms with Crippen LogP contribution in [0.2, 0.25) is 0 Å². The van der Waals surface area contributed by atoms with Crippen molar-refractivity contribution in [3.05, 3.63) is 59.7 Å². The minimum Gasteiger partial charge on any atom is -0.494 e. The Morgan fingerprint density at radius 3 is 2.12 bits per heavy atom. The molecule has 1 atom stereocenters. The van der Waals surface area contributed by atoms with Crippen LogP contribution in [-0.4, -0.2) is 19.1 Å². The second kappa shape index (κ2) is 8.96. The number of rotatable bonds is 8. The van der Waals surface area contributed by atoms with Crippen LogP contribution in [0.15, 0.2) is 48.5 Å². The molecular formula is C20H25NO3. The van der Waals surface area contributed by atoms with Crippen molar-refractivity contribution < 1.29 is 14.3 Å². The highest BCUT2D eigenvalue weighted by Crippen LogP contribution is 2.18. The highest BCUT2D eigenvalue weighted by atomic mass is 16.5. The van der Waals surface area contributed by atoms with Gasteiger partial charge in [-0.3, -0.25) is 4.79 Å². The molecule has 0 saturated carbocycles. The Labute approximate surface area is 143 Å². The third-order valence-electron chi connectivity index (χ3n) is 3.77. The van der Waals surface area contributed by atoms with Crippen molar-refractivity contribution in [2.75, 3.05) is 13.2 Å². The number of ether oxygens (including phenoxy) is 2. The second-order valence-electron chi connectivity index (χ2n) is 5.58. The summed E-state index contributed by atoms with van der Waals surface area (Å²) in [6, 6.07) is 15.5. The van der Waals surface area contributed by atoms with Crippen LogP contribution in [0.4, 0.5) is 0 Å². The molecule has 0 saturated heterocycles. The van der Waals surface area contributed by atoms with E-state index in [1.807, 2.05) is 62.4 Å². The van der Waals surface area contributed by atoms with Crippen molar-refractivity contribution in [3.63, 3.8) is 0 Å². The van der Waals surface area contributed by atoms with Gasteiger partial charge < -0.3 is 14.8 Å². The van der Waals surface area contributed by atoms with Crippen LogP contribution >= 0.6 is 0 Å². The number of aryl methyl sites for hydroxylation is 1. The van der Waals surface area contributed by atoms with Gasteiger partial charge in [0.15, 0.2) is 6.61 Å². The van der Waals surface area contributed by atoms with Crippen molar-refractivity contribution in [3.8, 4) is 11.5 Å². The molecule has 0 radical (unpaired) electrons. The van der Waals surface area contributed by atoms with Crippen LogP contribution in [0.3, 0.4) is 0 Å². The van der Waals surface area contributed by atoms with E-state index in [4.69, 9.17) is 9.47 Å². The van der Waals surface area contributed by atoms with E-state index in [1.165, 1.54) is 5.56 Å². The SMILES string of the molecule is CCOc1ccc([C@@H](C)NC(=O)COc2ccc(CC)cc2)cc1. The molecule has 0 fully saturated rings. The normalized spacial score (nSPS) is 11.6. The lowest BCUT2D eigenvalue weighted by Crippen LogP contribution is -2.31. The molecule has 2 rings (SSSR count). The molecule has 4 nitrogen and oxygen atoms in total. The van der Waals surface area contributed by atoms with E-state index >= 15 is 0 Å². The van der Waals surface area contributed by atoms with Gasteiger partial charge >= 0.3 is 0 Å². The van der Waals surface area contributed by atoms with E-state index in [9.17, 15) is 4.79 Å². The first kappa shape index (κ1) is 17.9. The topological polar surface area (TPSA) is 47.6 Å². The molecule has 0 spiro atoms. The Hall–Kier alpha value is -2.49. The fourth-order valence-corrected chi connectivity index (χ4v) is 2.36. The molecule has 0 aromatic heterocycles. The Morgan fingerprint density at radius 2 is 1.54 bits per heavy atom. The van der Waals surface area contributed by atoms with Crippen LogP contribution in [-0.2, 0) is 11.2 Å². The number of benzene rings is 2. The van der Waals surface area contributed by atoms with Gasteiger partial charge in [-0.2, -0.15) is 0 Å². The number of carbonyl (C=O) groups excluding carboxylic acids is 1. The third kappa shape index (κ3) is 5.30. The van der Waals surface area contributed by atoms with Gasteiger partial charge in [0.1, 0.15) is 11.5 Å². The fourth-order valence-electron chi connectivity index (χ4n) is 2.36. The van der Waals surface area contributed by atoms with Crippen LogP contribution in [0.1, 0.15) is 37.9 Å².